The third kappa shape index (κ3) is 4.49. The number of carbonyl (C=O) groups excluding carboxylic acids is 2. The van der Waals surface area contributed by atoms with Crippen LogP contribution in [0.15, 0.2) is 53.1 Å². The molecule has 3 heterocycles. The second-order valence-corrected chi connectivity index (χ2v) is 8.92. The number of aryl methyl sites for hydroxylation is 1. The first-order valence-corrected chi connectivity index (χ1v) is 11.7. The minimum Gasteiger partial charge on any atom is -0.451 e. The Hall–Kier alpha value is -3.78. The van der Waals surface area contributed by atoms with E-state index in [9.17, 15) is 9.59 Å². The summed E-state index contributed by atoms with van der Waals surface area (Å²) in [6.45, 7) is 5.04. The van der Waals surface area contributed by atoms with Crippen LogP contribution in [0.1, 0.15) is 39.3 Å². The van der Waals surface area contributed by atoms with Crippen LogP contribution in [0.3, 0.4) is 0 Å². The van der Waals surface area contributed by atoms with Crippen LogP contribution in [-0.4, -0.2) is 54.4 Å². The van der Waals surface area contributed by atoms with Crippen LogP contribution in [0.2, 0.25) is 0 Å². The third-order valence-electron chi connectivity index (χ3n) is 6.70. The predicted octanol–water partition coefficient (Wildman–Crippen LogP) is 3.26. The van der Waals surface area contributed by atoms with Gasteiger partial charge in [0.15, 0.2) is 5.76 Å². The molecule has 0 unspecified atom stereocenters. The van der Waals surface area contributed by atoms with Crippen molar-refractivity contribution < 1.29 is 14.0 Å². The largest absolute Gasteiger partial charge is 0.451 e. The number of amides is 2. The summed E-state index contributed by atoms with van der Waals surface area (Å²) in [5.41, 5.74) is 15.4. The molecular formula is C26H29N5O3. The molecule has 1 fully saturated rings. The van der Waals surface area contributed by atoms with Gasteiger partial charge < -0.3 is 25.8 Å². The van der Waals surface area contributed by atoms with Crippen molar-refractivity contribution in [2.45, 2.75) is 19.3 Å². The molecule has 1 aliphatic heterocycles. The maximum atomic E-state index is 11.5. The number of benzene rings is 2. The zero-order valence-electron chi connectivity index (χ0n) is 19.0. The molecule has 34 heavy (non-hydrogen) atoms. The van der Waals surface area contributed by atoms with Crippen molar-refractivity contribution in [2.75, 3.05) is 37.6 Å². The fourth-order valence-electron chi connectivity index (χ4n) is 4.77. The summed E-state index contributed by atoms with van der Waals surface area (Å²) in [5, 5.41) is 1.98. The fraction of sp³-hybridized carbons (Fsp3) is 0.308. The topological polar surface area (TPSA) is 122 Å². The number of nitrogens with zero attached hydrogens (tertiary/aromatic N) is 2. The lowest BCUT2D eigenvalue weighted by Crippen LogP contribution is -2.46. The number of hydrogen-bond acceptors (Lipinski definition) is 5. The molecule has 0 bridgehead atoms. The van der Waals surface area contributed by atoms with Crippen LogP contribution in [0.5, 0.6) is 0 Å². The number of H-pyrrole nitrogens is 1. The number of hydrogen-bond donors (Lipinski definition) is 3. The van der Waals surface area contributed by atoms with Gasteiger partial charge in [0.1, 0.15) is 5.58 Å². The van der Waals surface area contributed by atoms with Crippen molar-refractivity contribution in [3.8, 4) is 0 Å². The number of fused-ring (bicyclic) bond motifs is 2. The van der Waals surface area contributed by atoms with Crippen molar-refractivity contribution in [1.82, 2.24) is 9.88 Å². The molecule has 0 aliphatic carbocycles. The fourth-order valence-corrected chi connectivity index (χ4v) is 4.77. The van der Waals surface area contributed by atoms with E-state index in [1.807, 2.05) is 30.5 Å². The second-order valence-electron chi connectivity index (χ2n) is 8.92. The summed E-state index contributed by atoms with van der Waals surface area (Å²) >= 11 is 0. The van der Waals surface area contributed by atoms with Gasteiger partial charge >= 0.3 is 0 Å². The summed E-state index contributed by atoms with van der Waals surface area (Å²) < 4.78 is 5.49. The van der Waals surface area contributed by atoms with Crippen LogP contribution >= 0.6 is 0 Å². The standard InChI is InChI=1S/C26H29N5O3/c27-25(32)17-4-6-22-21(14-17)18(16-29-22)3-1-2-8-30-9-11-31(12-10-30)20-5-7-23-19(13-20)15-24(34-23)26(28)33/h4-7,13-16,29H,1-3,8-12H2,(H2,27,32)(H2,28,33). The highest BCUT2D eigenvalue weighted by molar-refractivity contribution is 5.98. The molecule has 0 saturated carbocycles. The quantitative estimate of drug-likeness (QED) is 0.349. The van der Waals surface area contributed by atoms with Gasteiger partial charge in [-0.3, -0.25) is 14.5 Å². The van der Waals surface area contributed by atoms with E-state index in [0.29, 0.717) is 11.1 Å². The van der Waals surface area contributed by atoms with E-state index in [-0.39, 0.29) is 5.76 Å². The minimum atomic E-state index is -0.550. The molecule has 0 spiro atoms. The number of nitrogens with one attached hydrogen (secondary N) is 1. The van der Waals surface area contributed by atoms with E-state index in [4.69, 9.17) is 15.9 Å². The van der Waals surface area contributed by atoms with Gasteiger partial charge in [0.25, 0.3) is 5.91 Å². The maximum Gasteiger partial charge on any atom is 0.284 e. The third-order valence-corrected chi connectivity index (χ3v) is 6.70. The van der Waals surface area contributed by atoms with Gasteiger partial charge in [0, 0.05) is 59.9 Å². The first-order chi connectivity index (χ1) is 16.5. The van der Waals surface area contributed by atoms with Gasteiger partial charge in [-0.05, 0) is 73.8 Å². The first-order valence-electron chi connectivity index (χ1n) is 11.7. The number of primary amides is 2. The molecule has 5 rings (SSSR count). The van der Waals surface area contributed by atoms with Crippen molar-refractivity contribution in [2.24, 2.45) is 11.5 Å². The highest BCUT2D eigenvalue weighted by Gasteiger charge is 2.18. The highest BCUT2D eigenvalue weighted by Crippen LogP contribution is 2.26. The van der Waals surface area contributed by atoms with Crippen LogP contribution in [0.4, 0.5) is 5.69 Å². The van der Waals surface area contributed by atoms with Crippen molar-refractivity contribution in [3.05, 3.63) is 65.5 Å². The number of furan rings is 1. The van der Waals surface area contributed by atoms with Gasteiger partial charge in [0.05, 0.1) is 0 Å². The van der Waals surface area contributed by atoms with Crippen LogP contribution in [-0.2, 0) is 6.42 Å². The molecule has 2 aromatic carbocycles. The number of piperazine rings is 1. The lowest BCUT2D eigenvalue weighted by Gasteiger charge is -2.36. The Labute approximate surface area is 197 Å². The highest BCUT2D eigenvalue weighted by atomic mass is 16.3. The average Bonchev–Trinajstić information content (AvgIpc) is 3.45. The summed E-state index contributed by atoms with van der Waals surface area (Å²) in [6.07, 6.45) is 5.23. The summed E-state index contributed by atoms with van der Waals surface area (Å²) in [5.74, 6) is -0.752. The lowest BCUT2D eigenvalue weighted by molar-refractivity contribution is 0.0973. The number of aromatic amines is 1. The molecule has 2 amide bonds. The molecule has 176 valence electrons. The smallest absolute Gasteiger partial charge is 0.284 e. The number of nitrogens with two attached hydrogens (primary N) is 2. The molecule has 1 aliphatic rings. The SMILES string of the molecule is NC(=O)c1ccc2[nH]cc(CCCCN3CCN(c4ccc5oc(C(N)=O)cc5c4)CC3)c2c1. The number of unbranched alkanes of at least 4 members (excludes halogenated alkanes) is 1. The average molecular weight is 460 g/mol. The van der Waals surface area contributed by atoms with Crippen molar-refractivity contribution in [1.29, 1.82) is 0 Å². The Bertz CT molecular complexity index is 1350. The van der Waals surface area contributed by atoms with Gasteiger partial charge in [-0.1, -0.05) is 0 Å². The number of anilines is 1. The molecule has 0 atom stereocenters. The van der Waals surface area contributed by atoms with Gasteiger partial charge in [0.2, 0.25) is 5.91 Å². The summed E-state index contributed by atoms with van der Waals surface area (Å²) in [6, 6.07) is 13.3. The monoisotopic (exact) mass is 459 g/mol. The van der Waals surface area contributed by atoms with E-state index >= 15 is 0 Å². The molecule has 8 heteroatoms. The van der Waals surface area contributed by atoms with E-state index in [0.717, 1.165) is 74.0 Å². The Morgan fingerprint density at radius 1 is 0.941 bits per heavy atom. The Morgan fingerprint density at radius 3 is 2.53 bits per heavy atom. The Kier molecular flexibility index (Phi) is 5.98. The van der Waals surface area contributed by atoms with E-state index in [2.05, 4.69) is 20.9 Å². The normalized spacial score (nSPS) is 14.8. The first kappa shape index (κ1) is 22.0. The zero-order valence-corrected chi connectivity index (χ0v) is 19.0. The summed E-state index contributed by atoms with van der Waals surface area (Å²) in [4.78, 5) is 31.0. The van der Waals surface area contributed by atoms with Gasteiger partial charge in [-0.15, -0.1) is 0 Å². The molecule has 1 saturated heterocycles. The predicted molar refractivity (Wildman–Crippen MR) is 133 cm³/mol. The molecule has 0 radical (unpaired) electrons. The Morgan fingerprint density at radius 2 is 1.76 bits per heavy atom. The molecule has 2 aromatic heterocycles. The van der Waals surface area contributed by atoms with Gasteiger partial charge in [-0.25, -0.2) is 0 Å². The second kappa shape index (κ2) is 9.23. The van der Waals surface area contributed by atoms with Crippen molar-refractivity contribution >= 4 is 39.4 Å². The van der Waals surface area contributed by atoms with Crippen molar-refractivity contribution in [3.63, 3.8) is 0 Å². The maximum absolute atomic E-state index is 11.5. The molecular weight excluding hydrogens is 430 g/mol. The molecule has 5 N–H and O–H groups in total. The number of carbonyl (C=O) groups is 2. The van der Waals surface area contributed by atoms with E-state index < -0.39 is 11.8 Å². The zero-order chi connectivity index (χ0) is 23.7. The van der Waals surface area contributed by atoms with Crippen LogP contribution < -0.4 is 16.4 Å². The van der Waals surface area contributed by atoms with E-state index in [1.165, 1.54) is 5.56 Å². The Balaban J connectivity index is 1.11. The number of rotatable bonds is 8. The van der Waals surface area contributed by atoms with E-state index in [1.54, 1.807) is 12.1 Å². The lowest BCUT2D eigenvalue weighted by atomic mass is 10.0. The van der Waals surface area contributed by atoms with Crippen LogP contribution in [0, 0.1) is 0 Å². The molecule has 8 nitrogen and oxygen atoms in total. The minimum absolute atomic E-state index is 0.193. The number of aromatic nitrogens is 1. The van der Waals surface area contributed by atoms with Crippen LogP contribution in [0.25, 0.3) is 21.9 Å². The van der Waals surface area contributed by atoms with Gasteiger partial charge in [-0.2, -0.15) is 0 Å². The molecule has 4 aromatic rings. The summed E-state index contributed by atoms with van der Waals surface area (Å²) in [7, 11) is 0.